The molecule has 162 valence electrons. The van der Waals surface area contributed by atoms with Crippen molar-refractivity contribution in [3.63, 3.8) is 0 Å². The Hall–Kier alpha value is -2.62. The number of hydrogen-bond acceptors (Lipinski definition) is 7. The summed E-state index contributed by atoms with van der Waals surface area (Å²) in [6, 6.07) is 14.6. The van der Waals surface area contributed by atoms with Crippen LogP contribution in [0.3, 0.4) is 0 Å². The Labute approximate surface area is 189 Å². The Bertz CT molecular complexity index is 1030. The minimum atomic E-state index is -0.559. The zero-order valence-electron chi connectivity index (χ0n) is 16.9. The highest BCUT2D eigenvalue weighted by Gasteiger charge is 2.26. The molecule has 10 heteroatoms. The quantitative estimate of drug-likeness (QED) is 0.509. The second-order valence-corrected chi connectivity index (χ2v) is 8.51. The van der Waals surface area contributed by atoms with E-state index < -0.39 is 5.25 Å². The van der Waals surface area contributed by atoms with E-state index in [1.807, 2.05) is 30.3 Å². The Morgan fingerprint density at radius 3 is 2.90 bits per heavy atom. The van der Waals surface area contributed by atoms with Gasteiger partial charge in [-0.3, -0.25) is 4.79 Å². The van der Waals surface area contributed by atoms with Crippen LogP contribution in [0.1, 0.15) is 23.7 Å². The molecule has 2 unspecified atom stereocenters. The van der Waals surface area contributed by atoms with Crippen molar-refractivity contribution in [3.05, 3.63) is 59.1 Å². The molecule has 4 rings (SSSR count). The van der Waals surface area contributed by atoms with E-state index in [1.165, 1.54) is 11.8 Å². The minimum absolute atomic E-state index is 0.0910. The van der Waals surface area contributed by atoms with Gasteiger partial charge in [0.25, 0.3) is 0 Å². The Morgan fingerprint density at radius 2 is 2.19 bits per heavy atom. The third-order valence-corrected chi connectivity index (χ3v) is 6.40. The number of hydrogen-bond donors (Lipinski definition) is 1. The predicted molar refractivity (Wildman–Crippen MR) is 118 cm³/mol. The summed E-state index contributed by atoms with van der Waals surface area (Å²) < 4.78 is 12.6. The molecule has 1 fully saturated rings. The fourth-order valence-corrected chi connectivity index (χ4v) is 4.58. The third-order valence-electron chi connectivity index (χ3n) is 4.88. The van der Waals surface area contributed by atoms with Crippen molar-refractivity contribution >= 4 is 35.0 Å². The van der Waals surface area contributed by atoms with Crippen molar-refractivity contribution in [2.45, 2.75) is 35.9 Å². The van der Waals surface area contributed by atoms with Gasteiger partial charge >= 0.3 is 0 Å². The lowest BCUT2D eigenvalue weighted by atomic mass is 10.1. The van der Waals surface area contributed by atoms with E-state index in [-0.39, 0.29) is 12.0 Å². The van der Waals surface area contributed by atoms with Crippen LogP contribution in [0.5, 0.6) is 5.75 Å². The van der Waals surface area contributed by atoms with E-state index in [0.717, 1.165) is 25.0 Å². The number of aromatic nitrogens is 4. The highest BCUT2D eigenvalue weighted by molar-refractivity contribution is 8.00. The van der Waals surface area contributed by atoms with E-state index >= 15 is 0 Å². The second-order valence-electron chi connectivity index (χ2n) is 7.03. The van der Waals surface area contributed by atoms with Gasteiger partial charge in [0.1, 0.15) is 11.0 Å². The first-order valence-electron chi connectivity index (χ1n) is 9.88. The minimum Gasteiger partial charge on any atom is -0.495 e. The number of carbonyl (C=O) groups is 1. The molecule has 0 spiro atoms. The van der Waals surface area contributed by atoms with Crippen LogP contribution in [0.25, 0.3) is 0 Å². The number of anilines is 1. The maximum Gasteiger partial charge on any atom is 0.242 e. The Kier molecular flexibility index (Phi) is 7.06. The molecule has 8 nitrogen and oxygen atoms in total. The third kappa shape index (κ3) is 5.36. The molecule has 1 saturated heterocycles. The summed E-state index contributed by atoms with van der Waals surface area (Å²) in [5.74, 6) is 0.339. The van der Waals surface area contributed by atoms with Gasteiger partial charge in [-0.15, -0.1) is 5.10 Å². The van der Waals surface area contributed by atoms with E-state index in [9.17, 15) is 4.79 Å². The molecule has 2 atom stereocenters. The van der Waals surface area contributed by atoms with Gasteiger partial charge < -0.3 is 14.8 Å². The number of nitrogens with zero attached hydrogens (tertiary/aromatic N) is 4. The highest BCUT2D eigenvalue weighted by atomic mass is 35.5. The molecule has 1 aromatic heterocycles. The van der Waals surface area contributed by atoms with Gasteiger partial charge in [-0.05, 0) is 47.0 Å². The van der Waals surface area contributed by atoms with Crippen LogP contribution in [0.4, 0.5) is 5.69 Å². The van der Waals surface area contributed by atoms with Crippen LogP contribution in [0, 0.1) is 0 Å². The van der Waals surface area contributed by atoms with Crippen LogP contribution in [0.15, 0.2) is 53.7 Å². The monoisotopic (exact) mass is 459 g/mol. The molecule has 0 bridgehead atoms. The molecule has 1 aliphatic heterocycles. The van der Waals surface area contributed by atoms with Crippen molar-refractivity contribution in [2.24, 2.45) is 0 Å². The van der Waals surface area contributed by atoms with Crippen LogP contribution in [-0.2, 0) is 16.1 Å². The van der Waals surface area contributed by atoms with E-state index in [2.05, 4.69) is 20.8 Å². The second kappa shape index (κ2) is 10.1. The normalized spacial score (nSPS) is 16.8. The van der Waals surface area contributed by atoms with Gasteiger partial charge in [-0.2, -0.15) is 0 Å². The molecular weight excluding hydrogens is 438 g/mol. The topological polar surface area (TPSA) is 91.2 Å². The zero-order chi connectivity index (χ0) is 21.6. The fraction of sp³-hybridized carbons (Fsp3) is 0.333. The number of benzene rings is 2. The molecule has 0 radical (unpaired) electrons. The largest absolute Gasteiger partial charge is 0.495 e. The molecule has 2 heterocycles. The van der Waals surface area contributed by atoms with Crippen molar-refractivity contribution in [1.29, 1.82) is 0 Å². The number of carbonyl (C=O) groups excluding carboxylic acids is 1. The van der Waals surface area contributed by atoms with Gasteiger partial charge in [0, 0.05) is 12.3 Å². The number of thioether (sulfide) groups is 1. The fourth-order valence-electron chi connectivity index (χ4n) is 3.33. The average molecular weight is 460 g/mol. The molecule has 1 amide bonds. The number of rotatable bonds is 8. The van der Waals surface area contributed by atoms with E-state index in [1.54, 1.807) is 30.0 Å². The summed E-state index contributed by atoms with van der Waals surface area (Å²) in [6.45, 7) is 1.32. The smallest absolute Gasteiger partial charge is 0.242 e. The van der Waals surface area contributed by atoms with Crippen LogP contribution >= 0.6 is 23.4 Å². The van der Waals surface area contributed by atoms with Crippen LogP contribution in [0.2, 0.25) is 5.02 Å². The average Bonchev–Trinajstić information content (AvgIpc) is 3.45. The molecule has 1 N–H and O–H groups in total. The highest BCUT2D eigenvalue weighted by Crippen LogP contribution is 2.36. The van der Waals surface area contributed by atoms with Crippen molar-refractivity contribution in [2.75, 3.05) is 19.0 Å². The number of ether oxygens (including phenoxy) is 2. The van der Waals surface area contributed by atoms with E-state index in [0.29, 0.717) is 28.2 Å². The maximum absolute atomic E-state index is 13.3. The van der Waals surface area contributed by atoms with E-state index in [4.69, 9.17) is 21.1 Å². The molecule has 3 aromatic rings. The van der Waals surface area contributed by atoms with Gasteiger partial charge in [-0.1, -0.05) is 53.7 Å². The molecule has 0 aliphatic carbocycles. The lowest BCUT2D eigenvalue weighted by Gasteiger charge is -2.17. The number of halogens is 1. The first-order chi connectivity index (χ1) is 15.1. The summed E-state index contributed by atoms with van der Waals surface area (Å²) in [6.07, 6.45) is 2.10. The van der Waals surface area contributed by atoms with Gasteiger partial charge in [0.05, 0.1) is 24.8 Å². The lowest BCUT2D eigenvalue weighted by molar-refractivity contribution is -0.115. The summed E-state index contributed by atoms with van der Waals surface area (Å²) in [4.78, 5) is 13.3. The predicted octanol–water partition coefficient (Wildman–Crippen LogP) is 3.99. The molecule has 1 aliphatic rings. The summed E-state index contributed by atoms with van der Waals surface area (Å²) in [5, 5.41) is 15.4. The standard InChI is InChI=1S/C21H22ClN5O3S/c1-29-18-10-9-15(12-17(18)22)23-20(28)19(14-6-3-2-4-7-14)31-21-24-25-26-27(21)13-16-8-5-11-30-16/h2-4,6-7,9-10,12,16,19H,5,8,11,13H2,1H3,(H,23,28). The molecule has 31 heavy (non-hydrogen) atoms. The SMILES string of the molecule is COc1ccc(NC(=O)C(Sc2nnnn2CC2CCCO2)c2ccccc2)cc1Cl. The van der Waals surface area contributed by atoms with Gasteiger partial charge in [0.2, 0.25) is 11.1 Å². The van der Waals surface area contributed by atoms with Crippen LogP contribution in [-0.4, -0.2) is 45.9 Å². The zero-order valence-corrected chi connectivity index (χ0v) is 18.5. The maximum atomic E-state index is 13.3. The van der Waals surface area contributed by atoms with Gasteiger partial charge in [0.15, 0.2) is 0 Å². The van der Waals surface area contributed by atoms with Crippen molar-refractivity contribution in [1.82, 2.24) is 20.2 Å². The Morgan fingerprint density at radius 1 is 1.35 bits per heavy atom. The lowest BCUT2D eigenvalue weighted by Crippen LogP contribution is -2.21. The number of nitrogens with one attached hydrogen (secondary N) is 1. The van der Waals surface area contributed by atoms with Crippen molar-refractivity contribution < 1.29 is 14.3 Å². The van der Waals surface area contributed by atoms with Crippen molar-refractivity contribution in [3.8, 4) is 5.75 Å². The molecule has 2 aromatic carbocycles. The molecule has 0 saturated carbocycles. The first-order valence-corrected chi connectivity index (χ1v) is 11.1. The first kappa shape index (κ1) is 21.6. The number of amides is 1. The summed E-state index contributed by atoms with van der Waals surface area (Å²) in [5.41, 5.74) is 1.42. The Balaban J connectivity index is 1.55. The van der Waals surface area contributed by atoms with Gasteiger partial charge in [-0.25, -0.2) is 4.68 Å². The summed E-state index contributed by atoms with van der Waals surface area (Å²) >= 11 is 7.50. The molecular formula is C21H22ClN5O3S. The summed E-state index contributed by atoms with van der Waals surface area (Å²) in [7, 11) is 1.54. The number of methoxy groups -OCH3 is 1. The number of tetrazole rings is 1. The van der Waals surface area contributed by atoms with Crippen LogP contribution < -0.4 is 10.1 Å².